The van der Waals surface area contributed by atoms with E-state index in [0.717, 1.165) is 5.56 Å². The largest absolute Gasteiger partial charge is 0.480 e. The van der Waals surface area contributed by atoms with E-state index in [1.807, 2.05) is 6.92 Å². The van der Waals surface area contributed by atoms with Crippen LogP contribution in [0.2, 0.25) is 0 Å². The molecular formula is C19H28N4O6S. The van der Waals surface area contributed by atoms with E-state index >= 15 is 0 Å². The van der Waals surface area contributed by atoms with Gasteiger partial charge in [-0.3, -0.25) is 10.2 Å². The third-order valence-corrected chi connectivity index (χ3v) is 5.60. The number of amides is 1. The third-order valence-electron chi connectivity index (χ3n) is 4.40. The minimum absolute atomic E-state index is 0.0498. The van der Waals surface area contributed by atoms with Gasteiger partial charge in [-0.05, 0) is 52.2 Å². The van der Waals surface area contributed by atoms with Gasteiger partial charge in [-0.1, -0.05) is 22.2 Å². The number of nitrogens with zero attached hydrogens (tertiary/aromatic N) is 3. The van der Waals surface area contributed by atoms with E-state index < -0.39 is 33.7 Å². The number of carbonyl (C=O) groups is 2. The number of rotatable bonds is 7. The Kier molecular flexibility index (Phi) is 7.54. The van der Waals surface area contributed by atoms with Gasteiger partial charge in [0.15, 0.2) is 0 Å². The van der Waals surface area contributed by atoms with Crippen molar-refractivity contribution in [3.63, 3.8) is 0 Å². The Morgan fingerprint density at radius 2 is 1.90 bits per heavy atom. The summed E-state index contributed by atoms with van der Waals surface area (Å²) in [7, 11) is -3.86. The first-order chi connectivity index (χ1) is 13.9. The standard InChI is InChI=1S/C19H28N4O6S/c1-13-5-7-15(8-6-13)30(27,28)22-21-12-20-10-14-9-16(17(24)25)23(11-14)18(26)29-19(2,3)4/h5-8,14,16,20H,9-12H2,1-4H3,(H,24,25)/t14-,16-/m0/s1. The number of ether oxygens (including phenoxy) is 1. The Morgan fingerprint density at radius 1 is 1.27 bits per heavy atom. The first-order valence-corrected chi connectivity index (χ1v) is 11.0. The Labute approximate surface area is 176 Å². The number of aliphatic carboxylic acids is 1. The summed E-state index contributed by atoms with van der Waals surface area (Å²) in [5.74, 6) is -1.23. The molecule has 1 amide bonds. The number of nitrogens with one attached hydrogen (secondary N) is 1. The number of likely N-dealkylation sites (tertiary alicyclic amines) is 1. The lowest BCUT2D eigenvalue weighted by atomic mass is 10.1. The predicted octanol–water partition coefficient (Wildman–Crippen LogP) is 2.39. The molecule has 2 rings (SSSR count). The van der Waals surface area contributed by atoms with Gasteiger partial charge in [0.1, 0.15) is 18.3 Å². The van der Waals surface area contributed by atoms with Crippen molar-refractivity contribution in [2.75, 3.05) is 19.8 Å². The first kappa shape index (κ1) is 23.7. The number of aryl methyl sites for hydroxylation is 1. The second-order valence-corrected chi connectivity index (χ2v) is 9.80. The molecule has 0 aliphatic carbocycles. The van der Waals surface area contributed by atoms with E-state index in [2.05, 4.69) is 15.0 Å². The van der Waals surface area contributed by atoms with Gasteiger partial charge in [0.05, 0.1) is 4.90 Å². The molecule has 1 aliphatic heterocycles. The van der Waals surface area contributed by atoms with Crippen LogP contribution in [-0.2, 0) is 19.6 Å². The molecule has 1 fully saturated rings. The summed E-state index contributed by atoms with van der Waals surface area (Å²) >= 11 is 0. The number of hydrogen-bond donors (Lipinski definition) is 2. The van der Waals surface area contributed by atoms with Gasteiger partial charge in [0.25, 0.3) is 10.0 Å². The fourth-order valence-corrected chi connectivity index (χ4v) is 3.79. The molecule has 1 heterocycles. The molecule has 166 valence electrons. The molecule has 0 unspecified atom stereocenters. The van der Waals surface area contributed by atoms with Crippen molar-refractivity contribution in [3.05, 3.63) is 29.8 Å². The topological polar surface area (TPSA) is 138 Å². The third kappa shape index (κ3) is 6.77. The van der Waals surface area contributed by atoms with Crippen molar-refractivity contribution in [3.8, 4) is 0 Å². The summed E-state index contributed by atoms with van der Waals surface area (Å²) in [6.07, 6.45) is -0.401. The molecule has 30 heavy (non-hydrogen) atoms. The van der Waals surface area contributed by atoms with E-state index in [-0.39, 0.29) is 30.4 Å². The van der Waals surface area contributed by atoms with Crippen molar-refractivity contribution in [1.29, 1.82) is 0 Å². The summed E-state index contributed by atoms with van der Waals surface area (Å²) in [5.41, 5.74) is 0.212. The Balaban J connectivity index is 1.87. The average molecular weight is 441 g/mol. The zero-order valence-electron chi connectivity index (χ0n) is 17.5. The molecule has 2 atom stereocenters. The van der Waals surface area contributed by atoms with Crippen LogP contribution in [-0.4, -0.2) is 61.9 Å². The fourth-order valence-electron chi connectivity index (χ4n) is 3.01. The quantitative estimate of drug-likeness (QED) is 0.490. The summed E-state index contributed by atoms with van der Waals surface area (Å²) in [5, 5.41) is 16.0. The number of hydrogen-bond acceptors (Lipinski definition) is 7. The van der Waals surface area contributed by atoms with Gasteiger partial charge in [-0.2, -0.15) is 13.5 Å². The van der Waals surface area contributed by atoms with Crippen molar-refractivity contribution >= 4 is 22.1 Å². The van der Waals surface area contributed by atoms with Gasteiger partial charge >= 0.3 is 12.1 Å². The van der Waals surface area contributed by atoms with Crippen LogP contribution in [0.15, 0.2) is 38.8 Å². The molecule has 10 nitrogen and oxygen atoms in total. The molecule has 1 aliphatic rings. The zero-order valence-corrected chi connectivity index (χ0v) is 18.3. The number of sulfonamides is 1. The number of carboxylic acid groups (broad SMARTS) is 1. The molecule has 11 heteroatoms. The van der Waals surface area contributed by atoms with E-state index in [1.165, 1.54) is 17.0 Å². The normalized spacial score (nSPS) is 19.9. The van der Waals surface area contributed by atoms with Crippen molar-refractivity contribution in [2.45, 2.75) is 50.7 Å². The lowest BCUT2D eigenvalue weighted by Crippen LogP contribution is -2.43. The van der Waals surface area contributed by atoms with Crippen LogP contribution in [0.25, 0.3) is 0 Å². The molecule has 0 bridgehead atoms. The second-order valence-electron chi connectivity index (χ2n) is 8.21. The predicted molar refractivity (Wildman–Crippen MR) is 109 cm³/mol. The minimum Gasteiger partial charge on any atom is -0.480 e. The maximum Gasteiger partial charge on any atom is 0.411 e. The van der Waals surface area contributed by atoms with Crippen LogP contribution >= 0.6 is 0 Å². The molecule has 1 aromatic carbocycles. The molecule has 1 aromatic rings. The van der Waals surface area contributed by atoms with Crippen LogP contribution in [0, 0.1) is 12.8 Å². The Morgan fingerprint density at radius 3 is 2.47 bits per heavy atom. The van der Waals surface area contributed by atoms with Crippen LogP contribution < -0.4 is 5.32 Å². The molecule has 0 radical (unpaired) electrons. The molecular weight excluding hydrogens is 412 g/mol. The van der Waals surface area contributed by atoms with E-state index in [4.69, 9.17) is 4.74 Å². The highest BCUT2D eigenvalue weighted by Gasteiger charge is 2.41. The molecule has 0 aromatic heterocycles. The highest BCUT2D eigenvalue weighted by Crippen LogP contribution is 2.25. The van der Waals surface area contributed by atoms with Gasteiger partial charge in [0.2, 0.25) is 0 Å². The van der Waals surface area contributed by atoms with Crippen molar-refractivity contribution in [2.24, 2.45) is 15.6 Å². The second kappa shape index (κ2) is 9.52. The van der Waals surface area contributed by atoms with Crippen LogP contribution in [0.1, 0.15) is 32.8 Å². The minimum atomic E-state index is -3.86. The van der Waals surface area contributed by atoms with E-state index in [0.29, 0.717) is 6.54 Å². The maximum absolute atomic E-state index is 12.3. The molecule has 2 N–H and O–H groups in total. The average Bonchev–Trinajstić information content (AvgIpc) is 3.05. The van der Waals surface area contributed by atoms with Gasteiger partial charge in [-0.15, -0.1) is 0 Å². The summed E-state index contributed by atoms with van der Waals surface area (Å²) < 4.78 is 32.9. The smallest absolute Gasteiger partial charge is 0.411 e. The maximum atomic E-state index is 12.3. The van der Waals surface area contributed by atoms with Crippen molar-refractivity contribution in [1.82, 2.24) is 10.2 Å². The lowest BCUT2D eigenvalue weighted by Gasteiger charge is -2.26. The summed E-state index contributed by atoms with van der Waals surface area (Å²) in [6.45, 7) is 7.52. The number of carboxylic acids is 1. The summed E-state index contributed by atoms with van der Waals surface area (Å²) in [4.78, 5) is 25.1. The molecule has 1 saturated heterocycles. The van der Waals surface area contributed by atoms with Gasteiger partial charge in [0, 0.05) is 13.1 Å². The number of benzene rings is 1. The van der Waals surface area contributed by atoms with E-state index in [9.17, 15) is 23.1 Å². The number of carbonyl (C=O) groups excluding carboxylic acids is 1. The van der Waals surface area contributed by atoms with Crippen LogP contribution in [0.5, 0.6) is 0 Å². The van der Waals surface area contributed by atoms with Gasteiger partial charge < -0.3 is 9.84 Å². The summed E-state index contributed by atoms with van der Waals surface area (Å²) in [6, 6.07) is 5.32. The zero-order chi connectivity index (χ0) is 22.5. The van der Waals surface area contributed by atoms with E-state index in [1.54, 1.807) is 32.9 Å². The Hall–Kier alpha value is -2.53. The van der Waals surface area contributed by atoms with Crippen molar-refractivity contribution < 1.29 is 27.9 Å². The molecule has 0 saturated carbocycles. The fraction of sp³-hybridized carbons (Fsp3) is 0.579. The van der Waals surface area contributed by atoms with Crippen LogP contribution in [0.4, 0.5) is 4.79 Å². The highest BCUT2D eigenvalue weighted by molar-refractivity contribution is 7.90. The SMILES string of the molecule is Cc1ccc(S(=O)(=O)N=NCNC[C@@H]2C[C@@H](C(=O)O)N(C(=O)OC(C)(C)C)C2)cc1. The highest BCUT2D eigenvalue weighted by atomic mass is 32.2. The van der Waals surface area contributed by atoms with Gasteiger partial charge in [-0.25, -0.2) is 9.59 Å². The Bertz CT molecular complexity index is 893. The first-order valence-electron chi connectivity index (χ1n) is 9.52. The lowest BCUT2D eigenvalue weighted by molar-refractivity contribution is -0.142. The van der Waals surface area contributed by atoms with Crippen LogP contribution in [0.3, 0.4) is 0 Å². The molecule has 0 spiro atoms. The monoisotopic (exact) mass is 440 g/mol.